The first-order valence-electron chi connectivity index (χ1n) is 3.49. The van der Waals surface area contributed by atoms with Gasteiger partial charge in [0, 0.05) is 12.5 Å². The number of hydrogen-bond donors (Lipinski definition) is 1. The van der Waals surface area contributed by atoms with Crippen molar-refractivity contribution in [3.63, 3.8) is 0 Å². The van der Waals surface area contributed by atoms with Crippen LogP contribution in [0, 0.1) is 0 Å². The lowest BCUT2D eigenvalue weighted by Crippen LogP contribution is -2.44. The summed E-state index contributed by atoms with van der Waals surface area (Å²) in [6, 6.07) is 0.617. The monoisotopic (exact) mass is 127 g/mol. The van der Waals surface area contributed by atoms with E-state index in [0.717, 1.165) is 12.8 Å². The van der Waals surface area contributed by atoms with Crippen molar-refractivity contribution in [3.8, 4) is 0 Å². The van der Waals surface area contributed by atoms with Gasteiger partial charge in [-0.05, 0) is 20.3 Å². The van der Waals surface area contributed by atoms with Crippen molar-refractivity contribution in [1.82, 2.24) is 5.32 Å². The van der Waals surface area contributed by atoms with Crippen LogP contribution in [-0.2, 0) is 4.79 Å². The predicted octanol–water partition coefficient (Wildman–Crippen LogP) is 0.716. The number of hydrogen-bond acceptors (Lipinski definition) is 2. The zero-order chi connectivity index (χ0) is 6.85. The molecule has 0 amide bonds. The van der Waals surface area contributed by atoms with Gasteiger partial charge in [-0.25, -0.2) is 0 Å². The van der Waals surface area contributed by atoms with Gasteiger partial charge in [0.15, 0.2) is 0 Å². The van der Waals surface area contributed by atoms with Gasteiger partial charge in [-0.2, -0.15) is 0 Å². The molecule has 0 saturated carbocycles. The summed E-state index contributed by atoms with van der Waals surface area (Å²) in [5.41, 5.74) is 0. The second-order valence-electron chi connectivity index (χ2n) is 2.79. The highest BCUT2D eigenvalue weighted by molar-refractivity contribution is 5.84. The molecule has 9 heavy (non-hydrogen) atoms. The maximum absolute atomic E-state index is 10.9. The molecule has 0 aromatic rings. The molecule has 0 radical (unpaired) electrons. The number of Topliss-reactive ketones (excluding diaryl/α,β-unsaturated/α-hetero) is 1. The van der Waals surface area contributed by atoms with Crippen molar-refractivity contribution < 1.29 is 4.79 Å². The van der Waals surface area contributed by atoms with Crippen LogP contribution in [0.4, 0.5) is 0 Å². The van der Waals surface area contributed by atoms with Gasteiger partial charge in [-0.3, -0.25) is 4.79 Å². The number of ketones is 1. The second-order valence-corrected chi connectivity index (χ2v) is 2.79. The number of rotatable bonds is 0. The van der Waals surface area contributed by atoms with Crippen molar-refractivity contribution in [3.05, 3.63) is 0 Å². The van der Waals surface area contributed by atoms with E-state index in [2.05, 4.69) is 12.2 Å². The number of carbonyl (C=O) groups excluding carboxylic acids is 1. The van der Waals surface area contributed by atoms with E-state index in [4.69, 9.17) is 0 Å². The Kier molecular flexibility index (Phi) is 1.86. The molecule has 1 saturated heterocycles. The van der Waals surface area contributed by atoms with E-state index in [1.54, 1.807) is 0 Å². The van der Waals surface area contributed by atoms with E-state index >= 15 is 0 Å². The van der Waals surface area contributed by atoms with Crippen LogP contribution in [0.1, 0.15) is 26.7 Å². The van der Waals surface area contributed by atoms with Crippen LogP contribution < -0.4 is 5.32 Å². The summed E-state index contributed by atoms with van der Waals surface area (Å²) >= 11 is 0. The van der Waals surface area contributed by atoms with Gasteiger partial charge in [0.1, 0.15) is 5.78 Å². The SMILES string of the molecule is C[C@@H]1CCC(=O)[C@@H](C)N1. The number of piperidine rings is 1. The Bertz CT molecular complexity index is 122. The molecular weight excluding hydrogens is 114 g/mol. The first-order chi connectivity index (χ1) is 4.20. The number of carbonyl (C=O) groups is 1. The maximum Gasteiger partial charge on any atom is 0.149 e. The van der Waals surface area contributed by atoms with Crippen LogP contribution in [-0.4, -0.2) is 17.9 Å². The van der Waals surface area contributed by atoms with Crippen LogP contribution in [0.15, 0.2) is 0 Å². The largest absolute Gasteiger partial charge is 0.305 e. The Morgan fingerprint density at radius 2 is 2.22 bits per heavy atom. The Balaban J connectivity index is 2.44. The molecule has 1 N–H and O–H groups in total. The fraction of sp³-hybridized carbons (Fsp3) is 0.857. The van der Waals surface area contributed by atoms with Gasteiger partial charge in [-0.15, -0.1) is 0 Å². The van der Waals surface area contributed by atoms with E-state index in [0.29, 0.717) is 11.8 Å². The van der Waals surface area contributed by atoms with Crippen LogP contribution in [0.5, 0.6) is 0 Å². The summed E-state index contributed by atoms with van der Waals surface area (Å²) in [7, 11) is 0. The van der Waals surface area contributed by atoms with E-state index in [1.807, 2.05) is 6.92 Å². The molecule has 2 nitrogen and oxygen atoms in total. The second kappa shape index (κ2) is 2.48. The molecule has 1 rings (SSSR count). The van der Waals surface area contributed by atoms with Crippen LogP contribution in [0.2, 0.25) is 0 Å². The van der Waals surface area contributed by atoms with Gasteiger partial charge >= 0.3 is 0 Å². The molecule has 0 aromatic carbocycles. The van der Waals surface area contributed by atoms with Crippen molar-refractivity contribution >= 4 is 5.78 Å². The van der Waals surface area contributed by atoms with Gasteiger partial charge in [-0.1, -0.05) is 0 Å². The van der Waals surface area contributed by atoms with Crippen LogP contribution >= 0.6 is 0 Å². The highest BCUT2D eigenvalue weighted by Gasteiger charge is 2.20. The third kappa shape index (κ3) is 1.52. The average Bonchev–Trinajstić information content (AvgIpc) is 1.80. The molecule has 0 aliphatic carbocycles. The first-order valence-corrected chi connectivity index (χ1v) is 3.49. The fourth-order valence-corrected chi connectivity index (χ4v) is 1.18. The normalized spacial score (nSPS) is 36.9. The van der Waals surface area contributed by atoms with Gasteiger partial charge in [0.25, 0.3) is 0 Å². The molecule has 0 unspecified atom stereocenters. The van der Waals surface area contributed by atoms with Gasteiger partial charge < -0.3 is 5.32 Å². The predicted molar refractivity (Wildman–Crippen MR) is 36.3 cm³/mol. The maximum atomic E-state index is 10.9. The van der Waals surface area contributed by atoms with Crippen molar-refractivity contribution in [2.45, 2.75) is 38.8 Å². The van der Waals surface area contributed by atoms with E-state index in [1.165, 1.54) is 0 Å². The quantitative estimate of drug-likeness (QED) is 0.519. The van der Waals surface area contributed by atoms with E-state index in [-0.39, 0.29) is 6.04 Å². The van der Waals surface area contributed by atoms with Gasteiger partial charge in [0.2, 0.25) is 0 Å². The molecule has 2 atom stereocenters. The molecule has 52 valence electrons. The fourth-order valence-electron chi connectivity index (χ4n) is 1.18. The summed E-state index contributed by atoms with van der Waals surface area (Å²) in [5, 5.41) is 3.18. The lowest BCUT2D eigenvalue weighted by Gasteiger charge is -2.24. The minimum absolute atomic E-state index is 0.0914. The van der Waals surface area contributed by atoms with Gasteiger partial charge in [0.05, 0.1) is 6.04 Å². The third-order valence-electron chi connectivity index (χ3n) is 1.84. The topological polar surface area (TPSA) is 29.1 Å². The van der Waals surface area contributed by atoms with Crippen molar-refractivity contribution in [1.29, 1.82) is 0 Å². The highest BCUT2D eigenvalue weighted by Crippen LogP contribution is 2.07. The molecule has 1 aliphatic heterocycles. The molecule has 0 bridgehead atoms. The average molecular weight is 127 g/mol. The summed E-state index contributed by atoms with van der Waals surface area (Å²) in [4.78, 5) is 10.9. The molecule has 0 aromatic heterocycles. The lowest BCUT2D eigenvalue weighted by atomic mass is 10.00. The van der Waals surface area contributed by atoms with Crippen LogP contribution in [0.3, 0.4) is 0 Å². The Morgan fingerprint density at radius 1 is 1.56 bits per heavy atom. The first kappa shape index (κ1) is 6.75. The zero-order valence-corrected chi connectivity index (χ0v) is 5.98. The molecular formula is C7H13NO. The summed E-state index contributed by atoms with van der Waals surface area (Å²) in [5.74, 6) is 0.355. The Hall–Kier alpha value is -0.370. The standard InChI is InChI=1S/C7H13NO/c1-5-3-4-7(9)6(2)8-5/h5-6,8H,3-4H2,1-2H3/t5-,6-/m1/s1. The van der Waals surface area contributed by atoms with Crippen LogP contribution in [0.25, 0.3) is 0 Å². The molecule has 1 aliphatic rings. The Labute approximate surface area is 55.6 Å². The summed E-state index contributed by atoms with van der Waals surface area (Å²) in [6.07, 6.45) is 1.76. The highest BCUT2D eigenvalue weighted by atomic mass is 16.1. The zero-order valence-electron chi connectivity index (χ0n) is 5.98. The van der Waals surface area contributed by atoms with E-state index < -0.39 is 0 Å². The lowest BCUT2D eigenvalue weighted by molar-refractivity contribution is -0.122. The summed E-state index contributed by atoms with van der Waals surface area (Å²) < 4.78 is 0. The summed E-state index contributed by atoms with van der Waals surface area (Å²) in [6.45, 7) is 4.04. The minimum atomic E-state index is 0.0914. The smallest absolute Gasteiger partial charge is 0.149 e. The molecule has 1 heterocycles. The third-order valence-corrected chi connectivity index (χ3v) is 1.84. The number of nitrogens with one attached hydrogen (secondary N) is 1. The Morgan fingerprint density at radius 3 is 2.67 bits per heavy atom. The molecule has 2 heteroatoms. The molecule has 1 fully saturated rings. The minimum Gasteiger partial charge on any atom is -0.305 e. The van der Waals surface area contributed by atoms with E-state index in [9.17, 15) is 4.79 Å². The van der Waals surface area contributed by atoms with Crippen molar-refractivity contribution in [2.24, 2.45) is 0 Å². The van der Waals surface area contributed by atoms with Crippen molar-refractivity contribution in [2.75, 3.05) is 0 Å². The molecule has 0 spiro atoms.